The van der Waals surface area contributed by atoms with Crippen molar-refractivity contribution in [2.75, 3.05) is 5.32 Å². The molecule has 2 aromatic carbocycles. The van der Waals surface area contributed by atoms with Crippen molar-refractivity contribution in [1.82, 2.24) is 0 Å². The average molecular weight is 195 g/mol. The second-order valence-corrected chi connectivity index (χ2v) is 3.47. The predicted molar refractivity (Wildman–Crippen MR) is 63.6 cm³/mol. The number of fused-ring (bicyclic) bond motifs is 1. The molecular weight excluding hydrogens is 185 g/mol. The van der Waals surface area contributed by atoms with Crippen molar-refractivity contribution in [2.45, 2.75) is 6.92 Å². The van der Waals surface area contributed by atoms with Crippen LogP contribution in [-0.2, 0) is 4.79 Å². The fraction of sp³-hybridized carbons (Fsp3) is 0.0833. The molecule has 0 saturated heterocycles. The Bertz CT molecular complexity index is 522. The first-order chi connectivity index (χ1) is 7.16. The van der Waals surface area contributed by atoms with Crippen LogP contribution in [0.2, 0.25) is 0 Å². The Hall–Kier alpha value is -1.77. The molecule has 2 rings (SSSR count). The highest BCUT2D eigenvalue weighted by molar-refractivity contribution is 6.33. The van der Waals surface area contributed by atoms with Gasteiger partial charge in [0.2, 0.25) is 5.91 Å². The number of benzene rings is 2. The van der Waals surface area contributed by atoms with E-state index in [2.05, 4.69) is 5.32 Å². The van der Waals surface area contributed by atoms with Crippen molar-refractivity contribution >= 4 is 35.7 Å². The second-order valence-electron chi connectivity index (χ2n) is 3.47. The van der Waals surface area contributed by atoms with Crippen LogP contribution in [0.3, 0.4) is 0 Å². The third-order valence-corrected chi connectivity index (χ3v) is 2.22. The summed E-state index contributed by atoms with van der Waals surface area (Å²) >= 11 is 0. The lowest BCUT2D eigenvalue weighted by molar-refractivity contribution is -0.114. The van der Waals surface area contributed by atoms with Crippen molar-refractivity contribution in [3.63, 3.8) is 0 Å². The van der Waals surface area contributed by atoms with Gasteiger partial charge in [-0.1, -0.05) is 35.8 Å². The van der Waals surface area contributed by atoms with Crippen LogP contribution in [0.15, 0.2) is 36.4 Å². The maximum Gasteiger partial charge on any atom is 0.221 e. The third-order valence-electron chi connectivity index (χ3n) is 2.22. The predicted octanol–water partition coefficient (Wildman–Crippen LogP) is 1.59. The largest absolute Gasteiger partial charge is 0.326 e. The molecule has 0 aromatic heterocycles. The number of carbonyl (C=O) groups is 1. The van der Waals surface area contributed by atoms with E-state index >= 15 is 0 Å². The molecule has 0 atom stereocenters. The number of nitrogens with one attached hydrogen (secondary N) is 1. The maximum atomic E-state index is 11.0. The Labute approximate surface area is 89.7 Å². The van der Waals surface area contributed by atoms with Crippen LogP contribution in [0.5, 0.6) is 0 Å². The van der Waals surface area contributed by atoms with Crippen molar-refractivity contribution in [3.05, 3.63) is 36.4 Å². The van der Waals surface area contributed by atoms with Crippen molar-refractivity contribution < 1.29 is 4.79 Å². The van der Waals surface area contributed by atoms with Gasteiger partial charge in [-0.25, -0.2) is 0 Å². The first kappa shape index (κ1) is 9.78. The number of anilines is 1. The van der Waals surface area contributed by atoms with E-state index < -0.39 is 0 Å². The van der Waals surface area contributed by atoms with E-state index in [0.717, 1.165) is 16.5 Å². The molecule has 1 amide bonds. The van der Waals surface area contributed by atoms with Gasteiger partial charge in [0.25, 0.3) is 0 Å². The molecule has 2 aromatic rings. The van der Waals surface area contributed by atoms with Crippen LogP contribution >= 0.6 is 0 Å². The smallest absolute Gasteiger partial charge is 0.221 e. The van der Waals surface area contributed by atoms with Gasteiger partial charge < -0.3 is 5.32 Å². The molecular formula is C12H10BNO. The van der Waals surface area contributed by atoms with Crippen molar-refractivity contribution in [1.29, 1.82) is 0 Å². The molecule has 15 heavy (non-hydrogen) atoms. The molecule has 0 unspecified atom stereocenters. The van der Waals surface area contributed by atoms with Crippen molar-refractivity contribution in [3.8, 4) is 0 Å². The standard InChI is InChI=1S/C12H10BNO/c1-8(15)14-12-4-2-3-9-5-6-10(13)7-11(9)12/h2-7H,1H3,(H,14,15). The Morgan fingerprint density at radius 2 is 2.07 bits per heavy atom. The SMILES string of the molecule is [B]c1ccc2cccc(NC(C)=O)c2c1. The number of amides is 1. The summed E-state index contributed by atoms with van der Waals surface area (Å²) in [5, 5.41) is 4.81. The highest BCUT2D eigenvalue weighted by Crippen LogP contribution is 2.21. The molecule has 0 aliphatic rings. The number of rotatable bonds is 1. The van der Waals surface area contributed by atoms with E-state index in [-0.39, 0.29) is 5.91 Å². The Kier molecular flexibility index (Phi) is 2.46. The molecule has 72 valence electrons. The Balaban J connectivity index is 2.63. The summed E-state index contributed by atoms with van der Waals surface area (Å²) in [6, 6.07) is 11.4. The van der Waals surface area contributed by atoms with E-state index in [1.54, 1.807) is 0 Å². The lowest BCUT2D eigenvalue weighted by atomic mass is 9.93. The molecule has 0 aliphatic heterocycles. The first-order valence-electron chi connectivity index (χ1n) is 4.72. The molecule has 0 bridgehead atoms. The molecule has 0 fully saturated rings. The normalized spacial score (nSPS) is 10.2. The van der Waals surface area contributed by atoms with Gasteiger partial charge in [0.05, 0.1) is 0 Å². The van der Waals surface area contributed by atoms with Crippen LogP contribution in [-0.4, -0.2) is 13.8 Å². The fourth-order valence-electron chi connectivity index (χ4n) is 1.59. The van der Waals surface area contributed by atoms with Gasteiger partial charge in [-0.15, -0.1) is 0 Å². The average Bonchev–Trinajstić information content (AvgIpc) is 2.18. The van der Waals surface area contributed by atoms with Crippen LogP contribution in [0.25, 0.3) is 10.8 Å². The van der Waals surface area contributed by atoms with Gasteiger partial charge in [0, 0.05) is 18.0 Å². The minimum atomic E-state index is -0.0788. The molecule has 3 heteroatoms. The summed E-state index contributed by atoms with van der Waals surface area (Å²) in [5.41, 5.74) is 1.49. The summed E-state index contributed by atoms with van der Waals surface area (Å²) in [4.78, 5) is 11.0. The zero-order chi connectivity index (χ0) is 10.8. The van der Waals surface area contributed by atoms with Crippen LogP contribution < -0.4 is 10.8 Å². The third kappa shape index (κ3) is 2.01. The van der Waals surface area contributed by atoms with E-state index in [4.69, 9.17) is 7.85 Å². The lowest BCUT2D eigenvalue weighted by Gasteiger charge is -2.07. The Morgan fingerprint density at radius 1 is 1.27 bits per heavy atom. The fourth-order valence-corrected chi connectivity index (χ4v) is 1.59. The van der Waals surface area contributed by atoms with Crippen molar-refractivity contribution in [2.24, 2.45) is 0 Å². The van der Waals surface area contributed by atoms with Gasteiger partial charge in [0.1, 0.15) is 7.85 Å². The topological polar surface area (TPSA) is 29.1 Å². The van der Waals surface area contributed by atoms with E-state index in [9.17, 15) is 4.79 Å². The molecule has 1 N–H and O–H groups in total. The van der Waals surface area contributed by atoms with E-state index in [1.807, 2.05) is 36.4 Å². The number of hydrogen-bond acceptors (Lipinski definition) is 1. The number of carbonyl (C=O) groups excluding carboxylic acids is 1. The highest BCUT2D eigenvalue weighted by Gasteiger charge is 2.01. The van der Waals surface area contributed by atoms with Gasteiger partial charge in [-0.2, -0.15) is 0 Å². The molecule has 2 radical (unpaired) electrons. The maximum absolute atomic E-state index is 11.0. The summed E-state index contributed by atoms with van der Waals surface area (Å²) in [5.74, 6) is -0.0788. The van der Waals surface area contributed by atoms with E-state index in [1.165, 1.54) is 6.92 Å². The quantitative estimate of drug-likeness (QED) is 0.687. The Morgan fingerprint density at radius 3 is 2.80 bits per heavy atom. The summed E-state index contributed by atoms with van der Waals surface area (Å²) < 4.78 is 0. The van der Waals surface area contributed by atoms with Gasteiger partial charge in [-0.3, -0.25) is 4.79 Å². The van der Waals surface area contributed by atoms with Crippen LogP contribution in [0.4, 0.5) is 5.69 Å². The molecule has 2 nitrogen and oxygen atoms in total. The second kappa shape index (κ2) is 3.77. The van der Waals surface area contributed by atoms with Gasteiger partial charge >= 0.3 is 0 Å². The van der Waals surface area contributed by atoms with E-state index in [0.29, 0.717) is 5.46 Å². The minimum absolute atomic E-state index is 0.0788. The minimum Gasteiger partial charge on any atom is -0.326 e. The molecule has 0 spiro atoms. The lowest BCUT2D eigenvalue weighted by Crippen LogP contribution is -2.07. The highest BCUT2D eigenvalue weighted by atomic mass is 16.1. The first-order valence-corrected chi connectivity index (χ1v) is 4.72. The summed E-state index contributed by atoms with van der Waals surface area (Å²) in [6.45, 7) is 1.49. The molecule has 0 aliphatic carbocycles. The molecule has 0 saturated carbocycles. The number of hydrogen-bond donors (Lipinski definition) is 1. The summed E-state index contributed by atoms with van der Waals surface area (Å²) in [6.07, 6.45) is 0. The van der Waals surface area contributed by atoms with Crippen LogP contribution in [0, 0.1) is 0 Å². The van der Waals surface area contributed by atoms with Gasteiger partial charge in [-0.05, 0) is 11.5 Å². The molecule has 0 heterocycles. The summed E-state index contributed by atoms with van der Waals surface area (Å²) in [7, 11) is 5.71. The zero-order valence-corrected chi connectivity index (χ0v) is 8.45. The zero-order valence-electron chi connectivity index (χ0n) is 8.45. The van der Waals surface area contributed by atoms with Crippen LogP contribution in [0.1, 0.15) is 6.92 Å². The van der Waals surface area contributed by atoms with Gasteiger partial charge in [0.15, 0.2) is 0 Å². The monoisotopic (exact) mass is 195 g/mol.